The van der Waals surface area contributed by atoms with E-state index < -0.39 is 15.1 Å². The van der Waals surface area contributed by atoms with Crippen LogP contribution in [0.2, 0.25) is 10.0 Å². The van der Waals surface area contributed by atoms with Gasteiger partial charge in [0, 0.05) is 10.6 Å². The minimum Gasteiger partial charge on any atom is -0.312 e. The van der Waals surface area contributed by atoms with Gasteiger partial charge in [0.05, 0.1) is 21.2 Å². The number of nitrogens with one attached hydrogen (secondary N) is 1. The Labute approximate surface area is 105 Å². The minimum absolute atomic E-state index is 0.175. The Morgan fingerprint density at radius 3 is 2.38 bits per heavy atom. The molecule has 88 valence electrons. The summed E-state index contributed by atoms with van der Waals surface area (Å²) in [5.41, 5.74) is 0.587. The van der Waals surface area contributed by atoms with Gasteiger partial charge in [-0.3, -0.25) is 0 Å². The van der Waals surface area contributed by atoms with Gasteiger partial charge in [-0.1, -0.05) is 23.2 Å². The van der Waals surface area contributed by atoms with E-state index in [1.807, 2.05) is 0 Å². The highest BCUT2D eigenvalue weighted by atomic mass is 35.5. The van der Waals surface area contributed by atoms with E-state index in [1.54, 1.807) is 20.0 Å². The van der Waals surface area contributed by atoms with E-state index in [9.17, 15) is 8.42 Å². The quantitative estimate of drug-likeness (QED) is 0.859. The number of rotatable bonds is 1. The molecule has 2 unspecified atom stereocenters. The zero-order valence-corrected chi connectivity index (χ0v) is 11.1. The third kappa shape index (κ3) is 1.48. The number of hydrogen-bond donors (Lipinski definition) is 1. The predicted octanol–water partition coefficient (Wildman–Crippen LogP) is 2.43. The average molecular weight is 280 g/mol. The van der Waals surface area contributed by atoms with Crippen LogP contribution in [0, 0.1) is 0 Å². The first-order valence-corrected chi connectivity index (χ1v) is 7.10. The van der Waals surface area contributed by atoms with Gasteiger partial charge in [-0.15, -0.1) is 0 Å². The highest BCUT2D eigenvalue weighted by Gasteiger charge is 2.44. The van der Waals surface area contributed by atoms with E-state index in [0.29, 0.717) is 10.6 Å². The molecular formula is C10H11Cl2NO2S. The Kier molecular flexibility index (Phi) is 2.95. The van der Waals surface area contributed by atoms with Crippen LogP contribution >= 0.6 is 23.2 Å². The van der Waals surface area contributed by atoms with Crippen molar-refractivity contribution >= 4 is 33.0 Å². The van der Waals surface area contributed by atoms with Crippen LogP contribution in [0.25, 0.3) is 0 Å². The molecule has 0 aliphatic carbocycles. The third-order valence-electron chi connectivity index (χ3n) is 2.96. The molecule has 1 heterocycles. The van der Waals surface area contributed by atoms with E-state index >= 15 is 0 Å². The van der Waals surface area contributed by atoms with Crippen LogP contribution in [0.15, 0.2) is 17.0 Å². The molecule has 0 amide bonds. The van der Waals surface area contributed by atoms with Gasteiger partial charge in [0.25, 0.3) is 0 Å². The molecule has 1 aliphatic heterocycles. The van der Waals surface area contributed by atoms with Crippen molar-refractivity contribution in [1.82, 2.24) is 5.32 Å². The zero-order valence-electron chi connectivity index (χ0n) is 8.79. The summed E-state index contributed by atoms with van der Waals surface area (Å²) < 4.78 is 24.3. The second kappa shape index (κ2) is 3.88. The maximum Gasteiger partial charge on any atom is 0.184 e. The van der Waals surface area contributed by atoms with Crippen molar-refractivity contribution in [2.75, 3.05) is 7.05 Å². The fourth-order valence-electron chi connectivity index (χ4n) is 2.11. The van der Waals surface area contributed by atoms with Crippen molar-refractivity contribution in [3.05, 3.63) is 27.7 Å². The summed E-state index contributed by atoms with van der Waals surface area (Å²) in [6, 6.07) is 2.84. The van der Waals surface area contributed by atoms with Crippen molar-refractivity contribution in [3.63, 3.8) is 0 Å². The highest BCUT2D eigenvalue weighted by molar-refractivity contribution is 7.92. The zero-order chi connectivity index (χ0) is 12.1. The molecule has 0 saturated carbocycles. The van der Waals surface area contributed by atoms with Gasteiger partial charge < -0.3 is 5.32 Å². The SMILES string of the molecule is CNC1c2c(Cl)ccc(Cl)c2S(=O)(=O)C1C. The molecule has 2 rings (SSSR count). The van der Waals surface area contributed by atoms with Gasteiger partial charge in [0.1, 0.15) is 0 Å². The number of hydrogen-bond acceptors (Lipinski definition) is 3. The van der Waals surface area contributed by atoms with E-state index in [2.05, 4.69) is 5.32 Å². The number of fused-ring (bicyclic) bond motifs is 1. The molecule has 3 nitrogen and oxygen atoms in total. The maximum absolute atomic E-state index is 12.1. The molecule has 1 aliphatic rings. The van der Waals surface area contributed by atoms with Gasteiger partial charge in [0.15, 0.2) is 9.84 Å². The molecule has 0 aromatic heterocycles. The molecule has 6 heteroatoms. The van der Waals surface area contributed by atoms with Crippen LogP contribution in [0.4, 0.5) is 0 Å². The molecule has 2 atom stereocenters. The van der Waals surface area contributed by atoms with Crippen LogP contribution in [0.3, 0.4) is 0 Å². The molecule has 0 spiro atoms. The van der Waals surface area contributed by atoms with Crippen molar-refractivity contribution in [2.24, 2.45) is 0 Å². The van der Waals surface area contributed by atoms with Crippen LogP contribution in [-0.2, 0) is 9.84 Å². The summed E-state index contributed by atoms with van der Waals surface area (Å²) in [5.74, 6) is 0. The average Bonchev–Trinajstić information content (AvgIpc) is 2.43. The van der Waals surface area contributed by atoms with Crippen molar-refractivity contribution in [1.29, 1.82) is 0 Å². The summed E-state index contributed by atoms with van der Waals surface area (Å²) >= 11 is 12.0. The van der Waals surface area contributed by atoms with Crippen molar-refractivity contribution < 1.29 is 8.42 Å². The van der Waals surface area contributed by atoms with Crippen molar-refractivity contribution in [2.45, 2.75) is 23.1 Å². The molecule has 1 aromatic carbocycles. The Balaban J connectivity index is 2.84. The van der Waals surface area contributed by atoms with Gasteiger partial charge in [0.2, 0.25) is 0 Å². The normalized spacial score (nSPS) is 26.8. The fraction of sp³-hybridized carbons (Fsp3) is 0.400. The summed E-state index contributed by atoms with van der Waals surface area (Å²) in [6.07, 6.45) is 0. The molecule has 0 bridgehead atoms. The summed E-state index contributed by atoms with van der Waals surface area (Å²) in [4.78, 5) is 0.175. The molecule has 0 saturated heterocycles. The van der Waals surface area contributed by atoms with E-state index in [-0.39, 0.29) is 16.0 Å². The van der Waals surface area contributed by atoms with Crippen molar-refractivity contribution in [3.8, 4) is 0 Å². The standard InChI is InChI=1S/C10H11Cl2NO2S/c1-5-9(13-2)8-6(11)3-4-7(12)10(8)16(5,14)15/h3-5,9,13H,1-2H3. The molecule has 0 fully saturated rings. The van der Waals surface area contributed by atoms with Gasteiger partial charge in [-0.25, -0.2) is 8.42 Å². The van der Waals surface area contributed by atoms with Crippen LogP contribution < -0.4 is 5.32 Å². The smallest absolute Gasteiger partial charge is 0.184 e. The summed E-state index contributed by atoms with van der Waals surface area (Å²) in [7, 11) is -1.67. The Hall–Kier alpha value is -0.290. The molecule has 1 N–H and O–H groups in total. The van der Waals surface area contributed by atoms with Crippen LogP contribution in [0.5, 0.6) is 0 Å². The summed E-state index contributed by atoms with van der Waals surface area (Å²) in [5, 5.41) is 3.10. The second-order valence-electron chi connectivity index (χ2n) is 3.79. The lowest BCUT2D eigenvalue weighted by Gasteiger charge is -2.14. The monoisotopic (exact) mass is 279 g/mol. The third-order valence-corrected chi connectivity index (χ3v) is 5.98. The van der Waals surface area contributed by atoms with E-state index in [4.69, 9.17) is 23.2 Å². The van der Waals surface area contributed by atoms with E-state index in [1.165, 1.54) is 6.07 Å². The lowest BCUT2D eigenvalue weighted by atomic mass is 10.1. The first kappa shape index (κ1) is 12.2. The Bertz CT molecular complexity index is 542. The lowest BCUT2D eigenvalue weighted by Crippen LogP contribution is -2.26. The lowest BCUT2D eigenvalue weighted by molar-refractivity contribution is 0.553. The Morgan fingerprint density at radius 2 is 1.81 bits per heavy atom. The van der Waals surface area contributed by atoms with Gasteiger partial charge in [-0.05, 0) is 26.1 Å². The highest BCUT2D eigenvalue weighted by Crippen LogP contribution is 2.45. The fourth-order valence-corrected chi connectivity index (χ4v) is 4.81. The second-order valence-corrected chi connectivity index (χ2v) is 6.84. The topological polar surface area (TPSA) is 46.2 Å². The van der Waals surface area contributed by atoms with E-state index in [0.717, 1.165) is 0 Å². The molecule has 1 aromatic rings. The van der Waals surface area contributed by atoms with Crippen LogP contribution in [0.1, 0.15) is 18.5 Å². The van der Waals surface area contributed by atoms with Crippen LogP contribution in [-0.4, -0.2) is 20.7 Å². The molecular weight excluding hydrogens is 269 g/mol. The van der Waals surface area contributed by atoms with Gasteiger partial charge >= 0.3 is 0 Å². The maximum atomic E-state index is 12.1. The first-order valence-electron chi connectivity index (χ1n) is 4.80. The molecule has 0 radical (unpaired) electrons. The van der Waals surface area contributed by atoms with Gasteiger partial charge in [-0.2, -0.15) is 0 Å². The Morgan fingerprint density at radius 1 is 1.25 bits per heavy atom. The summed E-state index contributed by atoms with van der Waals surface area (Å²) in [6.45, 7) is 1.66. The number of benzene rings is 1. The molecule has 16 heavy (non-hydrogen) atoms. The first-order chi connectivity index (χ1) is 7.41. The largest absolute Gasteiger partial charge is 0.312 e. The predicted molar refractivity (Wildman–Crippen MR) is 64.9 cm³/mol. The number of halogens is 2. The number of sulfone groups is 1. The minimum atomic E-state index is -3.38.